The van der Waals surface area contributed by atoms with Gasteiger partial charge in [-0.15, -0.1) is 10.2 Å². The molecule has 2 rings (SSSR count). The van der Waals surface area contributed by atoms with Crippen molar-refractivity contribution in [3.63, 3.8) is 0 Å². The average Bonchev–Trinajstić information content (AvgIpc) is 2.88. The molecule has 13 heteroatoms. The van der Waals surface area contributed by atoms with Gasteiger partial charge >= 0.3 is 6.18 Å². The van der Waals surface area contributed by atoms with Crippen LogP contribution < -0.4 is 11.2 Å². The summed E-state index contributed by atoms with van der Waals surface area (Å²) in [7, 11) is 0. The summed E-state index contributed by atoms with van der Waals surface area (Å²) in [5, 5.41) is 6.58. The van der Waals surface area contributed by atoms with Crippen LogP contribution in [0.3, 0.4) is 0 Å². The van der Waals surface area contributed by atoms with Crippen molar-refractivity contribution in [2.24, 2.45) is 0 Å². The van der Waals surface area contributed by atoms with E-state index in [0.717, 1.165) is 6.07 Å². The molecule has 1 heterocycles. The number of anilines is 1. The molecule has 25 heavy (non-hydrogen) atoms. The molecule has 0 aliphatic heterocycles. The molecule has 0 aliphatic carbocycles. The number of benzene rings is 1. The van der Waals surface area contributed by atoms with Gasteiger partial charge in [0, 0.05) is 0 Å². The van der Waals surface area contributed by atoms with Crippen molar-refractivity contribution >= 4 is 23.4 Å². The zero-order valence-corrected chi connectivity index (χ0v) is 13.1. The topological polar surface area (TPSA) is 85.8 Å². The van der Waals surface area contributed by atoms with Gasteiger partial charge in [-0.3, -0.25) is 4.79 Å². The number of thioether (sulfide) groups is 1. The number of nitrogen functional groups attached to an aromatic ring is 1. The van der Waals surface area contributed by atoms with E-state index in [4.69, 9.17) is 5.84 Å². The highest BCUT2D eigenvalue weighted by Crippen LogP contribution is 2.30. The standard InChI is InChI=1S/C12H9F6N5OS/c1-4(25-11-22-21-10(23(11)19)12(16,17)18)9(24)20-6-3-2-5(13)7(14)8(6)15/h2-4H,19H2,1H3,(H,20,24)/t4-/m1/s1. The lowest BCUT2D eigenvalue weighted by atomic mass is 10.2. The Bertz CT molecular complexity index is 808. The van der Waals surface area contributed by atoms with Crippen LogP contribution in [0.2, 0.25) is 0 Å². The van der Waals surface area contributed by atoms with Crippen LogP contribution in [0.5, 0.6) is 0 Å². The van der Waals surface area contributed by atoms with Crippen LogP contribution in [-0.4, -0.2) is 26.0 Å². The number of nitrogens with two attached hydrogens (primary N) is 1. The minimum Gasteiger partial charge on any atom is -0.335 e. The van der Waals surface area contributed by atoms with Crippen LogP contribution in [0.25, 0.3) is 0 Å². The van der Waals surface area contributed by atoms with Crippen LogP contribution in [0, 0.1) is 17.5 Å². The molecule has 2 aromatic rings. The lowest BCUT2D eigenvalue weighted by Gasteiger charge is -2.12. The van der Waals surface area contributed by atoms with E-state index in [1.54, 1.807) is 0 Å². The molecule has 0 unspecified atom stereocenters. The zero-order valence-electron chi connectivity index (χ0n) is 12.2. The van der Waals surface area contributed by atoms with Gasteiger partial charge in [0.15, 0.2) is 17.5 Å². The highest BCUT2D eigenvalue weighted by Gasteiger charge is 2.38. The number of rotatable bonds is 4. The predicted molar refractivity (Wildman–Crippen MR) is 75.4 cm³/mol. The largest absolute Gasteiger partial charge is 0.453 e. The SMILES string of the molecule is C[C@@H](Sc1nnc(C(F)(F)F)n1N)C(=O)Nc1ccc(F)c(F)c1F. The fourth-order valence-electron chi connectivity index (χ4n) is 1.62. The van der Waals surface area contributed by atoms with Gasteiger partial charge in [0.2, 0.25) is 11.1 Å². The number of carbonyl (C=O) groups is 1. The van der Waals surface area contributed by atoms with Crippen LogP contribution in [0.15, 0.2) is 17.3 Å². The minimum absolute atomic E-state index is 0.159. The van der Waals surface area contributed by atoms with Gasteiger partial charge in [-0.25, -0.2) is 17.8 Å². The van der Waals surface area contributed by atoms with Gasteiger partial charge in [0.1, 0.15) is 0 Å². The Morgan fingerprint density at radius 1 is 1.24 bits per heavy atom. The van der Waals surface area contributed by atoms with Crippen molar-refractivity contribution in [2.45, 2.75) is 23.5 Å². The van der Waals surface area contributed by atoms with Crippen molar-refractivity contribution in [2.75, 3.05) is 11.2 Å². The number of alkyl halides is 3. The number of nitrogens with zero attached hydrogens (tertiary/aromatic N) is 3. The Morgan fingerprint density at radius 2 is 1.88 bits per heavy atom. The van der Waals surface area contributed by atoms with E-state index in [1.807, 2.05) is 5.32 Å². The van der Waals surface area contributed by atoms with E-state index in [-0.39, 0.29) is 4.68 Å². The molecule has 136 valence electrons. The molecule has 0 radical (unpaired) electrons. The van der Waals surface area contributed by atoms with E-state index in [0.29, 0.717) is 17.8 Å². The number of amides is 1. The number of carbonyl (C=O) groups excluding carboxylic acids is 1. The zero-order chi connectivity index (χ0) is 18.9. The fraction of sp³-hybridized carbons (Fsp3) is 0.250. The molecule has 1 amide bonds. The highest BCUT2D eigenvalue weighted by molar-refractivity contribution is 8.00. The molecule has 0 saturated carbocycles. The predicted octanol–water partition coefficient (Wildman–Crippen LogP) is 2.55. The smallest absolute Gasteiger partial charge is 0.335 e. The van der Waals surface area contributed by atoms with Crippen LogP contribution >= 0.6 is 11.8 Å². The van der Waals surface area contributed by atoms with E-state index < -0.39 is 51.5 Å². The summed E-state index contributed by atoms with van der Waals surface area (Å²) in [6.07, 6.45) is -4.83. The molecule has 1 aromatic carbocycles. The maximum Gasteiger partial charge on any atom is 0.453 e. The second-order valence-electron chi connectivity index (χ2n) is 4.65. The van der Waals surface area contributed by atoms with Gasteiger partial charge < -0.3 is 11.2 Å². The van der Waals surface area contributed by atoms with Gasteiger partial charge in [0.05, 0.1) is 10.9 Å². The first kappa shape index (κ1) is 18.9. The Kier molecular flexibility index (Phi) is 5.15. The number of hydrogen-bond donors (Lipinski definition) is 2. The minimum atomic E-state index is -4.83. The summed E-state index contributed by atoms with van der Waals surface area (Å²) in [6, 6.07) is 1.41. The first-order valence-electron chi connectivity index (χ1n) is 6.41. The molecule has 3 N–H and O–H groups in total. The van der Waals surface area contributed by atoms with Gasteiger partial charge in [-0.05, 0) is 19.1 Å². The summed E-state index contributed by atoms with van der Waals surface area (Å²) in [4.78, 5) is 11.9. The quantitative estimate of drug-likeness (QED) is 0.366. The summed E-state index contributed by atoms with van der Waals surface area (Å²) in [6.45, 7) is 1.26. The van der Waals surface area contributed by atoms with Crippen molar-refractivity contribution in [1.29, 1.82) is 0 Å². The van der Waals surface area contributed by atoms with Crippen molar-refractivity contribution in [1.82, 2.24) is 14.9 Å². The first-order chi connectivity index (χ1) is 11.5. The van der Waals surface area contributed by atoms with Gasteiger partial charge in [0.25, 0.3) is 5.82 Å². The van der Waals surface area contributed by atoms with Crippen LogP contribution in [0.1, 0.15) is 12.7 Å². The third-order valence-corrected chi connectivity index (χ3v) is 3.92. The molecular weight excluding hydrogens is 376 g/mol. The average molecular weight is 385 g/mol. The van der Waals surface area contributed by atoms with Crippen LogP contribution in [0.4, 0.5) is 32.0 Å². The van der Waals surface area contributed by atoms with E-state index >= 15 is 0 Å². The Balaban J connectivity index is 2.12. The summed E-state index contributed by atoms with van der Waals surface area (Å²) in [5.74, 6) is -1.95. The van der Waals surface area contributed by atoms with E-state index in [2.05, 4.69) is 10.2 Å². The van der Waals surface area contributed by atoms with Gasteiger partial charge in [-0.1, -0.05) is 11.8 Å². The number of nitrogens with one attached hydrogen (secondary N) is 1. The maximum absolute atomic E-state index is 13.5. The Morgan fingerprint density at radius 3 is 2.44 bits per heavy atom. The second-order valence-corrected chi connectivity index (χ2v) is 5.95. The molecule has 0 saturated heterocycles. The summed E-state index contributed by atoms with van der Waals surface area (Å²) < 4.78 is 77.3. The van der Waals surface area contributed by atoms with Crippen molar-refractivity contribution in [3.8, 4) is 0 Å². The van der Waals surface area contributed by atoms with Crippen LogP contribution in [-0.2, 0) is 11.0 Å². The lowest BCUT2D eigenvalue weighted by molar-refractivity contribution is -0.146. The number of hydrogen-bond acceptors (Lipinski definition) is 5. The molecule has 0 aliphatic rings. The van der Waals surface area contributed by atoms with E-state index in [1.165, 1.54) is 6.92 Å². The molecule has 0 spiro atoms. The second kappa shape index (κ2) is 6.82. The monoisotopic (exact) mass is 385 g/mol. The molecule has 1 atom stereocenters. The third kappa shape index (κ3) is 3.97. The normalized spacial score (nSPS) is 12.9. The summed E-state index contributed by atoms with van der Waals surface area (Å²) >= 11 is 0.510. The molecule has 1 aromatic heterocycles. The molecule has 0 fully saturated rings. The molecule has 0 bridgehead atoms. The van der Waals surface area contributed by atoms with Crippen molar-refractivity contribution in [3.05, 3.63) is 35.4 Å². The Hall–Kier alpha value is -2.44. The van der Waals surface area contributed by atoms with Gasteiger partial charge in [-0.2, -0.15) is 13.2 Å². The number of aromatic nitrogens is 3. The molecular formula is C12H9F6N5OS. The molecule has 6 nitrogen and oxygen atoms in total. The summed E-state index contributed by atoms with van der Waals surface area (Å²) in [5.41, 5.74) is -0.624. The highest BCUT2D eigenvalue weighted by atomic mass is 32.2. The van der Waals surface area contributed by atoms with Crippen molar-refractivity contribution < 1.29 is 31.1 Å². The maximum atomic E-state index is 13.5. The first-order valence-corrected chi connectivity index (χ1v) is 7.29. The Labute approximate surface area is 140 Å². The lowest BCUT2D eigenvalue weighted by Crippen LogP contribution is -2.25. The third-order valence-electron chi connectivity index (χ3n) is 2.86. The number of halogens is 6. The van der Waals surface area contributed by atoms with E-state index in [9.17, 15) is 31.1 Å². The fourth-order valence-corrected chi connectivity index (χ4v) is 2.39.